The van der Waals surface area contributed by atoms with E-state index in [1.807, 2.05) is 0 Å². The number of hydrogen-bond donors (Lipinski definition) is 3. The Morgan fingerprint density at radius 1 is 1.14 bits per heavy atom. The van der Waals surface area contributed by atoms with E-state index in [-0.39, 0.29) is 11.3 Å². The predicted octanol–water partition coefficient (Wildman–Crippen LogP) is 1.97. The summed E-state index contributed by atoms with van der Waals surface area (Å²) in [4.78, 5) is 0. The summed E-state index contributed by atoms with van der Waals surface area (Å²) in [6, 6.07) is 2.26. The number of phenols is 1. The summed E-state index contributed by atoms with van der Waals surface area (Å²) >= 11 is 0. The molecule has 0 bridgehead atoms. The van der Waals surface area contributed by atoms with Crippen molar-refractivity contribution in [2.45, 2.75) is 12.2 Å². The fourth-order valence-corrected chi connectivity index (χ4v) is 1.00. The summed E-state index contributed by atoms with van der Waals surface area (Å²) in [5.74, 6) is -0.132. The van der Waals surface area contributed by atoms with Crippen molar-refractivity contribution < 1.29 is 23.5 Å². The van der Waals surface area contributed by atoms with Gasteiger partial charge in [0.2, 0.25) is 0 Å². The lowest BCUT2D eigenvalue weighted by molar-refractivity contribution is -0.178. The largest absolute Gasteiger partial charge is 0.508 e. The molecule has 1 aromatic carbocycles. The molecule has 0 saturated heterocycles. The fraction of sp³-hybridized carbons (Fsp3) is 0.250. The minimum Gasteiger partial charge on any atom is -0.508 e. The number of halogens is 3. The molecule has 3 nitrogen and oxygen atoms in total. The minimum absolute atomic E-state index is 0.132. The van der Waals surface area contributed by atoms with E-state index in [1.165, 1.54) is 5.48 Å². The molecular formula is C8H8F3NO2. The Morgan fingerprint density at radius 3 is 2.00 bits per heavy atom. The van der Waals surface area contributed by atoms with Crippen LogP contribution in [0.5, 0.6) is 5.75 Å². The van der Waals surface area contributed by atoms with Gasteiger partial charge in [0.15, 0.2) is 6.04 Å². The summed E-state index contributed by atoms with van der Waals surface area (Å²) < 4.78 is 36.7. The summed E-state index contributed by atoms with van der Waals surface area (Å²) in [5.41, 5.74) is 1.00. The molecule has 0 aromatic heterocycles. The third kappa shape index (κ3) is 2.36. The lowest BCUT2D eigenvalue weighted by Gasteiger charge is -2.18. The van der Waals surface area contributed by atoms with Crippen molar-refractivity contribution in [3.05, 3.63) is 29.8 Å². The summed E-state index contributed by atoms with van der Waals surface area (Å²) in [5, 5.41) is 17.2. The van der Waals surface area contributed by atoms with Crippen molar-refractivity contribution in [3.8, 4) is 5.75 Å². The Kier molecular flexibility index (Phi) is 2.97. The van der Waals surface area contributed by atoms with Crippen molar-refractivity contribution >= 4 is 0 Å². The Balaban J connectivity index is 2.96. The number of nitrogens with one attached hydrogen (secondary N) is 1. The van der Waals surface area contributed by atoms with Crippen molar-refractivity contribution in [1.29, 1.82) is 0 Å². The molecule has 0 fully saturated rings. The van der Waals surface area contributed by atoms with Crippen LogP contribution in [0.15, 0.2) is 24.3 Å². The van der Waals surface area contributed by atoms with Crippen LogP contribution in [0, 0.1) is 0 Å². The van der Waals surface area contributed by atoms with Crippen LogP contribution in [0.1, 0.15) is 11.6 Å². The van der Waals surface area contributed by atoms with Crippen LogP contribution >= 0.6 is 0 Å². The number of aromatic hydroxyl groups is 1. The van der Waals surface area contributed by atoms with Gasteiger partial charge < -0.3 is 10.3 Å². The molecule has 0 spiro atoms. The maximum absolute atomic E-state index is 12.2. The topological polar surface area (TPSA) is 52.5 Å². The molecule has 0 saturated carbocycles. The van der Waals surface area contributed by atoms with E-state index < -0.39 is 12.2 Å². The number of rotatable bonds is 2. The molecule has 0 aliphatic heterocycles. The molecule has 1 atom stereocenters. The molecule has 6 heteroatoms. The smallest absolute Gasteiger partial charge is 0.410 e. The maximum atomic E-state index is 12.2. The number of benzene rings is 1. The zero-order chi connectivity index (χ0) is 10.8. The number of hydroxylamine groups is 1. The second-order valence-corrected chi connectivity index (χ2v) is 2.70. The Morgan fingerprint density at radius 2 is 1.64 bits per heavy atom. The van der Waals surface area contributed by atoms with Gasteiger partial charge in [-0.15, -0.1) is 0 Å². The van der Waals surface area contributed by atoms with Gasteiger partial charge in [0, 0.05) is 0 Å². The molecule has 78 valence electrons. The summed E-state index contributed by atoms with van der Waals surface area (Å²) in [6.07, 6.45) is -4.58. The van der Waals surface area contributed by atoms with Gasteiger partial charge in [0.25, 0.3) is 0 Å². The van der Waals surface area contributed by atoms with Gasteiger partial charge in [-0.25, -0.2) is 0 Å². The van der Waals surface area contributed by atoms with Gasteiger partial charge in [-0.1, -0.05) is 12.1 Å². The lowest BCUT2D eigenvalue weighted by Crippen LogP contribution is -2.31. The number of phenolic OH excluding ortho intramolecular Hbond substituents is 1. The zero-order valence-electron chi connectivity index (χ0n) is 6.92. The molecule has 0 aliphatic carbocycles. The van der Waals surface area contributed by atoms with E-state index in [0.717, 1.165) is 24.3 Å². The first-order valence-electron chi connectivity index (χ1n) is 3.70. The number of alkyl halides is 3. The second-order valence-electron chi connectivity index (χ2n) is 2.70. The van der Waals surface area contributed by atoms with E-state index in [1.54, 1.807) is 0 Å². The van der Waals surface area contributed by atoms with Crippen LogP contribution in [-0.2, 0) is 0 Å². The predicted molar refractivity (Wildman–Crippen MR) is 41.8 cm³/mol. The average Bonchev–Trinajstić information content (AvgIpc) is 2.07. The summed E-state index contributed by atoms with van der Waals surface area (Å²) in [6.45, 7) is 0. The average molecular weight is 207 g/mol. The van der Waals surface area contributed by atoms with Gasteiger partial charge in [-0.3, -0.25) is 0 Å². The zero-order valence-corrected chi connectivity index (χ0v) is 6.92. The minimum atomic E-state index is -4.58. The highest BCUT2D eigenvalue weighted by molar-refractivity contribution is 5.28. The van der Waals surface area contributed by atoms with Crippen LogP contribution in [0.25, 0.3) is 0 Å². The van der Waals surface area contributed by atoms with Gasteiger partial charge in [-0.2, -0.15) is 18.7 Å². The highest BCUT2D eigenvalue weighted by atomic mass is 19.4. The van der Waals surface area contributed by atoms with E-state index in [2.05, 4.69) is 0 Å². The van der Waals surface area contributed by atoms with Gasteiger partial charge in [0.05, 0.1) is 0 Å². The van der Waals surface area contributed by atoms with Crippen molar-refractivity contribution in [2.24, 2.45) is 0 Å². The van der Waals surface area contributed by atoms with Gasteiger partial charge >= 0.3 is 6.18 Å². The lowest BCUT2D eigenvalue weighted by atomic mass is 10.1. The second kappa shape index (κ2) is 3.85. The normalized spacial score (nSPS) is 14.0. The van der Waals surface area contributed by atoms with Crippen LogP contribution in [0.2, 0.25) is 0 Å². The third-order valence-electron chi connectivity index (χ3n) is 1.68. The quantitative estimate of drug-likeness (QED) is 0.650. The Labute approximate surface area is 77.8 Å². The van der Waals surface area contributed by atoms with Crippen LogP contribution in [-0.4, -0.2) is 16.5 Å². The standard InChI is InChI=1S/C8H8F3NO2/c9-8(10,11)7(12-14)5-1-3-6(13)4-2-5/h1-4,7,12-14H. The first-order chi connectivity index (χ1) is 6.45. The van der Waals surface area contributed by atoms with Crippen LogP contribution < -0.4 is 5.48 Å². The molecule has 1 rings (SSSR count). The first kappa shape index (κ1) is 10.8. The van der Waals surface area contributed by atoms with E-state index in [9.17, 15) is 13.2 Å². The molecule has 0 radical (unpaired) electrons. The molecular weight excluding hydrogens is 199 g/mol. The Bertz CT molecular complexity index is 296. The first-order valence-corrected chi connectivity index (χ1v) is 3.70. The van der Waals surface area contributed by atoms with Crippen molar-refractivity contribution in [2.75, 3.05) is 0 Å². The van der Waals surface area contributed by atoms with Crippen LogP contribution in [0.4, 0.5) is 13.2 Å². The SMILES string of the molecule is ONC(c1ccc(O)cc1)C(F)(F)F. The van der Waals surface area contributed by atoms with Gasteiger partial charge in [-0.05, 0) is 17.7 Å². The highest BCUT2D eigenvalue weighted by Gasteiger charge is 2.40. The van der Waals surface area contributed by atoms with Gasteiger partial charge in [0.1, 0.15) is 5.75 Å². The maximum Gasteiger partial charge on any atom is 0.410 e. The van der Waals surface area contributed by atoms with E-state index in [0.29, 0.717) is 0 Å². The molecule has 1 aromatic rings. The van der Waals surface area contributed by atoms with Crippen molar-refractivity contribution in [3.63, 3.8) is 0 Å². The molecule has 0 heterocycles. The van der Waals surface area contributed by atoms with Crippen LogP contribution in [0.3, 0.4) is 0 Å². The van der Waals surface area contributed by atoms with Crippen molar-refractivity contribution in [1.82, 2.24) is 5.48 Å². The molecule has 0 amide bonds. The molecule has 0 aliphatic rings. The van der Waals surface area contributed by atoms with E-state index >= 15 is 0 Å². The highest BCUT2D eigenvalue weighted by Crippen LogP contribution is 2.32. The molecule has 14 heavy (non-hydrogen) atoms. The Hall–Kier alpha value is -1.27. The third-order valence-corrected chi connectivity index (χ3v) is 1.68. The monoisotopic (exact) mass is 207 g/mol. The molecule has 1 unspecified atom stereocenters. The summed E-state index contributed by atoms with van der Waals surface area (Å²) in [7, 11) is 0. The number of hydrogen-bond acceptors (Lipinski definition) is 3. The fourth-order valence-electron chi connectivity index (χ4n) is 1.00. The molecule has 3 N–H and O–H groups in total. The van der Waals surface area contributed by atoms with E-state index in [4.69, 9.17) is 10.3 Å².